The summed E-state index contributed by atoms with van der Waals surface area (Å²) in [6.45, 7) is 8.39. The van der Waals surface area contributed by atoms with Gasteiger partial charge in [-0.25, -0.2) is 8.42 Å². The Kier molecular flexibility index (Phi) is 7.04. The molecule has 3 aromatic rings. The third kappa shape index (κ3) is 5.56. The number of rotatable bonds is 7. The van der Waals surface area contributed by atoms with E-state index in [0.717, 1.165) is 16.7 Å². The zero-order valence-electron chi connectivity index (χ0n) is 19.2. The van der Waals surface area contributed by atoms with Crippen molar-refractivity contribution in [3.05, 3.63) is 100 Å². The number of para-hydroxylation sites is 1. The second-order valence-electron chi connectivity index (χ2n) is 8.29. The van der Waals surface area contributed by atoms with Gasteiger partial charge in [0.25, 0.3) is 5.91 Å². The van der Waals surface area contributed by atoms with Gasteiger partial charge in [-0.2, -0.15) is 0 Å². The summed E-state index contributed by atoms with van der Waals surface area (Å²) in [6.07, 6.45) is 1.19. The fraction of sp³-hybridized carbons (Fsp3) is 0.269. The van der Waals surface area contributed by atoms with E-state index in [2.05, 4.69) is 38.2 Å². The largest absolute Gasteiger partial charge is 0.346 e. The summed E-state index contributed by atoms with van der Waals surface area (Å²) in [5.41, 5.74) is 6.63. The molecule has 0 aliphatic rings. The maximum absolute atomic E-state index is 12.8. The second-order valence-corrected chi connectivity index (χ2v) is 10.2. The van der Waals surface area contributed by atoms with Crippen molar-refractivity contribution in [2.45, 2.75) is 40.3 Å². The zero-order chi connectivity index (χ0) is 23.5. The molecule has 0 bridgehead atoms. The van der Waals surface area contributed by atoms with Crippen molar-refractivity contribution in [3.8, 4) is 0 Å². The van der Waals surface area contributed by atoms with Crippen LogP contribution in [0.25, 0.3) is 0 Å². The minimum absolute atomic E-state index is 0.125. The van der Waals surface area contributed by atoms with Crippen molar-refractivity contribution >= 4 is 21.6 Å². The molecule has 0 fully saturated rings. The van der Waals surface area contributed by atoms with E-state index in [1.807, 2.05) is 13.0 Å². The van der Waals surface area contributed by atoms with Crippen LogP contribution >= 0.6 is 0 Å². The first-order valence-electron chi connectivity index (χ1n) is 10.6. The lowest BCUT2D eigenvalue weighted by atomic mass is 9.96. The molecule has 0 aliphatic carbocycles. The van der Waals surface area contributed by atoms with E-state index in [4.69, 9.17) is 0 Å². The maximum atomic E-state index is 12.8. The highest BCUT2D eigenvalue weighted by Crippen LogP contribution is 2.23. The van der Waals surface area contributed by atoms with Crippen molar-refractivity contribution in [3.63, 3.8) is 0 Å². The van der Waals surface area contributed by atoms with Gasteiger partial charge in [0.15, 0.2) is 0 Å². The Bertz CT molecular complexity index is 1200. The van der Waals surface area contributed by atoms with E-state index in [-0.39, 0.29) is 18.5 Å². The van der Waals surface area contributed by atoms with Crippen molar-refractivity contribution in [2.75, 3.05) is 10.6 Å². The van der Waals surface area contributed by atoms with Crippen LogP contribution in [0.3, 0.4) is 0 Å². The van der Waals surface area contributed by atoms with Gasteiger partial charge in [0, 0.05) is 5.56 Å². The van der Waals surface area contributed by atoms with Crippen molar-refractivity contribution in [2.24, 2.45) is 0 Å². The Morgan fingerprint density at radius 2 is 1.50 bits per heavy atom. The van der Waals surface area contributed by atoms with Crippen LogP contribution in [-0.2, 0) is 16.6 Å². The molecule has 0 heterocycles. The predicted octanol–water partition coefficient (Wildman–Crippen LogP) is 5.07. The molecule has 0 aliphatic heterocycles. The molecule has 1 unspecified atom stereocenters. The molecule has 1 amide bonds. The van der Waals surface area contributed by atoms with Crippen LogP contribution in [0.2, 0.25) is 0 Å². The van der Waals surface area contributed by atoms with Gasteiger partial charge in [-0.3, -0.25) is 9.10 Å². The molecule has 0 spiro atoms. The van der Waals surface area contributed by atoms with Crippen LogP contribution in [0.15, 0.2) is 66.7 Å². The fourth-order valence-electron chi connectivity index (χ4n) is 3.73. The van der Waals surface area contributed by atoms with Gasteiger partial charge in [-0.1, -0.05) is 42.5 Å². The Morgan fingerprint density at radius 3 is 2.09 bits per heavy atom. The molecule has 0 saturated carbocycles. The lowest BCUT2D eigenvalue weighted by Crippen LogP contribution is -2.29. The first-order chi connectivity index (χ1) is 15.1. The Labute approximate surface area is 191 Å². The number of hydrogen-bond donors (Lipinski definition) is 1. The lowest BCUT2D eigenvalue weighted by Gasteiger charge is -2.22. The van der Waals surface area contributed by atoms with Gasteiger partial charge in [0.1, 0.15) is 0 Å². The SMILES string of the molecule is Cc1cc(C)c(C(C)NC(=O)c2ccc(CN(c3ccccc3)S(C)(=O)=O)cc2)cc1C. The number of carbonyl (C=O) groups excluding carboxylic acids is 1. The molecule has 3 rings (SSSR count). The van der Waals surface area contributed by atoms with E-state index in [0.29, 0.717) is 11.3 Å². The average molecular weight is 451 g/mol. The third-order valence-electron chi connectivity index (χ3n) is 5.68. The molecule has 0 saturated heterocycles. The highest BCUT2D eigenvalue weighted by molar-refractivity contribution is 7.92. The molecule has 32 heavy (non-hydrogen) atoms. The topological polar surface area (TPSA) is 66.5 Å². The molecule has 0 radical (unpaired) electrons. The van der Waals surface area contributed by atoms with E-state index < -0.39 is 10.0 Å². The molecule has 168 valence electrons. The van der Waals surface area contributed by atoms with Crippen LogP contribution in [-0.4, -0.2) is 20.6 Å². The Morgan fingerprint density at radius 1 is 0.906 bits per heavy atom. The molecule has 0 aromatic heterocycles. The molecule has 1 atom stereocenters. The molecular weight excluding hydrogens is 420 g/mol. The third-order valence-corrected chi connectivity index (χ3v) is 6.82. The summed E-state index contributed by atoms with van der Waals surface area (Å²) in [7, 11) is -3.45. The zero-order valence-corrected chi connectivity index (χ0v) is 20.0. The molecule has 3 aromatic carbocycles. The Balaban J connectivity index is 1.73. The summed E-state index contributed by atoms with van der Waals surface area (Å²) in [4.78, 5) is 12.8. The first kappa shape index (κ1) is 23.5. The van der Waals surface area contributed by atoms with Gasteiger partial charge >= 0.3 is 0 Å². The lowest BCUT2D eigenvalue weighted by molar-refractivity contribution is 0.0940. The summed E-state index contributed by atoms with van der Waals surface area (Å²) >= 11 is 0. The number of sulfonamides is 1. The van der Waals surface area contributed by atoms with Crippen molar-refractivity contribution < 1.29 is 13.2 Å². The van der Waals surface area contributed by atoms with Gasteiger partial charge < -0.3 is 5.32 Å². The minimum Gasteiger partial charge on any atom is -0.346 e. The number of hydrogen-bond acceptors (Lipinski definition) is 3. The van der Waals surface area contributed by atoms with Gasteiger partial charge in [0.05, 0.1) is 24.5 Å². The minimum atomic E-state index is -3.45. The van der Waals surface area contributed by atoms with Gasteiger partial charge in [0.2, 0.25) is 10.0 Å². The van der Waals surface area contributed by atoms with E-state index >= 15 is 0 Å². The number of benzene rings is 3. The van der Waals surface area contributed by atoms with Crippen LogP contribution < -0.4 is 9.62 Å². The monoisotopic (exact) mass is 450 g/mol. The number of aryl methyl sites for hydroxylation is 3. The average Bonchev–Trinajstić information content (AvgIpc) is 2.74. The van der Waals surface area contributed by atoms with Crippen LogP contribution in [0.1, 0.15) is 51.1 Å². The summed E-state index contributed by atoms with van der Waals surface area (Å²) in [5.74, 6) is -0.162. The van der Waals surface area contributed by atoms with Crippen LogP contribution in [0.5, 0.6) is 0 Å². The van der Waals surface area contributed by atoms with Crippen molar-refractivity contribution in [1.29, 1.82) is 0 Å². The van der Waals surface area contributed by atoms with E-state index in [1.165, 1.54) is 21.7 Å². The van der Waals surface area contributed by atoms with Crippen LogP contribution in [0.4, 0.5) is 5.69 Å². The predicted molar refractivity (Wildman–Crippen MR) is 130 cm³/mol. The number of nitrogens with one attached hydrogen (secondary N) is 1. The van der Waals surface area contributed by atoms with Crippen molar-refractivity contribution in [1.82, 2.24) is 5.32 Å². The smallest absolute Gasteiger partial charge is 0.251 e. The number of amides is 1. The van der Waals surface area contributed by atoms with Gasteiger partial charge in [-0.15, -0.1) is 0 Å². The first-order valence-corrected chi connectivity index (χ1v) is 12.4. The number of anilines is 1. The van der Waals surface area contributed by atoms with Crippen LogP contribution in [0, 0.1) is 20.8 Å². The highest BCUT2D eigenvalue weighted by Gasteiger charge is 2.18. The second kappa shape index (κ2) is 9.57. The molecule has 6 heteroatoms. The molecule has 5 nitrogen and oxygen atoms in total. The highest BCUT2D eigenvalue weighted by atomic mass is 32.2. The summed E-state index contributed by atoms with van der Waals surface area (Å²) in [5, 5.41) is 3.07. The standard InChI is InChI=1S/C26H30N2O3S/c1-18-15-20(3)25(16-19(18)2)21(4)27-26(29)23-13-11-22(12-14-23)17-28(32(5,30)31)24-9-7-6-8-10-24/h6-16,21H,17H2,1-5H3,(H,27,29). The fourth-order valence-corrected chi connectivity index (χ4v) is 4.62. The quantitative estimate of drug-likeness (QED) is 0.547. The molecule has 1 N–H and O–H groups in total. The van der Waals surface area contributed by atoms with E-state index in [1.54, 1.807) is 48.5 Å². The summed E-state index contributed by atoms with van der Waals surface area (Å²) in [6, 6.07) is 20.2. The van der Waals surface area contributed by atoms with E-state index in [9.17, 15) is 13.2 Å². The summed E-state index contributed by atoms with van der Waals surface area (Å²) < 4.78 is 26.0. The van der Waals surface area contributed by atoms with Gasteiger partial charge in [-0.05, 0) is 79.8 Å². The Hall–Kier alpha value is -3.12. The number of nitrogens with zero attached hydrogens (tertiary/aromatic N) is 1. The molecular formula is C26H30N2O3S. The number of carbonyl (C=O) groups is 1. The normalized spacial score (nSPS) is 12.3. The maximum Gasteiger partial charge on any atom is 0.251 e.